The molecular weight excluding hydrogens is 412 g/mol. The maximum absolute atomic E-state index is 13.4. The molecule has 1 aliphatic heterocycles. The van der Waals surface area contributed by atoms with Gasteiger partial charge in [-0.15, -0.1) is 0 Å². The van der Waals surface area contributed by atoms with Crippen LogP contribution in [0.4, 0.5) is 5.69 Å². The van der Waals surface area contributed by atoms with E-state index in [0.29, 0.717) is 18.8 Å². The summed E-state index contributed by atoms with van der Waals surface area (Å²) in [6.07, 6.45) is 1.86. The van der Waals surface area contributed by atoms with E-state index in [0.717, 1.165) is 41.6 Å². The fraction of sp³-hybridized carbons (Fsp3) is 0.185. The van der Waals surface area contributed by atoms with Crippen LogP contribution in [0.25, 0.3) is 17.1 Å². The quantitative estimate of drug-likeness (QED) is 0.460. The van der Waals surface area contributed by atoms with E-state index in [2.05, 4.69) is 17.0 Å². The fourth-order valence-corrected chi connectivity index (χ4v) is 4.18. The van der Waals surface area contributed by atoms with Crippen LogP contribution in [0.15, 0.2) is 91.1 Å². The maximum atomic E-state index is 13.4. The van der Waals surface area contributed by atoms with Gasteiger partial charge in [0.15, 0.2) is 0 Å². The van der Waals surface area contributed by atoms with Gasteiger partial charge in [0.1, 0.15) is 17.3 Å². The number of hydrogen-bond acceptors (Lipinski definition) is 4. The van der Waals surface area contributed by atoms with Crippen molar-refractivity contribution in [3.63, 3.8) is 0 Å². The molecule has 5 rings (SSSR count). The number of benzene rings is 3. The summed E-state index contributed by atoms with van der Waals surface area (Å²) in [5, 5.41) is 0. The highest BCUT2D eigenvalue weighted by molar-refractivity contribution is 5.93. The van der Waals surface area contributed by atoms with Crippen molar-refractivity contribution in [2.75, 3.05) is 38.2 Å². The molecule has 6 nitrogen and oxygen atoms in total. The van der Waals surface area contributed by atoms with Crippen LogP contribution < -0.4 is 9.64 Å². The Morgan fingerprint density at radius 2 is 1.42 bits per heavy atom. The first-order valence-electron chi connectivity index (χ1n) is 11.1. The number of carbonyl (C=O) groups excluding carboxylic acids is 1. The summed E-state index contributed by atoms with van der Waals surface area (Å²) in [5.41, 5.74) is 3.56. The van der Waals surface area contributed by atoms with E-state index >= 15 is 0 Å². The Kier molecular flexibility index (Phi) is 5.81. The maximum Gasteiger partial charge on any atom is 0.274 e. The van der Waals surface area contributed by atoms with Gasteiger partial charge in [-0.3, -0.25) is 9.36 Å². The van der Waals surface area contributed by atoms with Gasteiger partial charge in [-0.25, -0.2) is 4.98 Å². The second-order valence-corrected chi connectivity index (χ2v) is 8.00. The third-order valence-electron chi connectivity index (χ3n) is 6.00. The molecule has 0 bridgehead atoms. The highest BCUT2D eigenvalue weighted by atomic mass is 16.5. The van der Waals surface area contributed by atoms with Gasteiger partial charge < -0.3 is 14.5 Å². The van der Waals surface area contributed by atoms with Crippen LogP contribution in [0.2, 0.25) is 0 Å². The predicted molar refractivity (Wildman–Crippen MR) is 130 cm³/mol. The Bertz CT molecular complexity index is 1160. The average Bonchev–Trinajstić information content (AvgIpc) is 3.35. The average molecular weight is 439 g/mol. The highest BCUT2D eigenvalue weighted by Crippen LogP contribution is 2.25. The molecule has 1 aromatic heterocycles. The molecular formula is C27H26N4O2. The first kappa shape index (κ1) is 20.8. The highest BCUT2D eigenvalue weighted by Gasteiger charge is 2.25. The van der Waals surface area contributed by atoms with Crippen molar-refractivity contribution >= 4 is 11.6 Å². The van der Waals surface area contributed by atoms with Gasteiger partial charge in [0.05, 0.1) is 7.11 Å². The molecule has 0 N–H and O–H groups in total. The number of para-hydroxylation sites is 1. The van der Waals surface area contributed by atoms with Crippen LogP contribution in [-0.2, 0) is 0 Å². The summed E-state index contributed by atoms with van der Waals surface area (Å²) < 4.78 is 7.25. The lowest BCUT2D eigenvalue weighted by Crippen LogP contribution is -2.48. The number of carbonyl (C=O) groups is 1. The first-order valence-corrected chi connectivity index (χ1v) is 11.1. The zero-order valence-electron chi connectivity index (χ0n) is 18.6. The van der Waals surface area contributed by atoms with E-state index in [4.69, 9.17) is 9.72 Å². The molecule has 0 saturated carbocycles. The van der Waals surface area contributed by atoms with E-state index < -0.39 is 0 Å². The standard InChI is InChI=1S/C27H26N4O2/c1-33-24-14-12-22(13-15-24)29-16-18-30(19-17-29)27(32)25-20-31(23-10-6-3-7-11-23)26(28-25)21-8-4-2-5-9-21/h2-15,20H,16-19H2,1H3. The monoisotopic (exact) mass is 438 g/mol. The number of ether oxygens (including phenoxy) is 1. The number of rotatable bonds is 5. The van der Waals surface area contributed by atoms with Crippen LogP contribution in [0.3, 0.4) is 0 Å². The van der Waals surface area contributed by atoms with Gasteiger partial charge in [0, 0.05) is 49.3 Å². The van der Waals surface area contributed by atoms with E-state index in [1.54, 1.807) is 7.11 Å². The third-order valence-corrected chi connectivity index (χ3v) is 6.00. The van der Waals surface area contributed by atoms with E-state index in [1.807, 2.05) is 88.5 Å². The Balaban J connectivity index is 1.36. The van der Waals surface area contributed by atoms with Crippen LogP contribution in [0.1, 0.15) is 10.5 Å². The van der Waals surface area contributed by atoms with Gasteiger partial charge >= 0.3 is 0 Å². The first-order chi connectivity index (χ1) is 16.2. The number of methoxy groups -OCH3 is 1. The van der Waals surface area contributed by atoms with Gasteiger partial charge in [-0.1, -0.05) is 48.5 Å². The molecule has 6 heteroatoms. The number of nitrogens with zero attached hydrogens (tertiary/aromatic N) is 4. The van der Waals surface area contributed by atoms with Crippen molar-refractivity contribution in [2.24, 2.45) is 0 Å². The minimum atomic E-state index is -0.0313. The summed E-state index contributed by atoms with van der Waals surface area (Å²) in [4.78, 5) is 22.3. The van der Waals surface area contributed by atoms with Crippen molar-refractivity contribution in [1.29, 1.82) is 0 Å². The fourth-order valence-electron chi connectivity index (χ4n) is 4.18. The Morgan fingerprint density at radius 1 is 0.788 bits per heavy atom. The van der Waals surface area contributed by atoms with Crippen molar-refractivity contribution in [3.8, 4) is 22.8 Å². The van der Waals surface area contributed by atoms with E-state index in [9.17, 15) is 4.79 Å². The minimum Gasteiger partial charge on any atom is -0.497 e. The zero-order chi connectivity index (χ0) is 22.6. The van der Waals surface area contributed by atoms with Crippen LogP contribution in [-0.4, -0.2) is 53.6 Å². The molecule has 1 amide bonds. The smallest absolute Gasteiger partial charge is 0.274 e. The lowest BCUT2D eigenvalue weighted by atomic mass is 10.2. The molecule has 2 heterocycles. The molecule has 33 heavy (non-hydrogen) atoms. The molecule has 4 aromatic rings. The molecule has 166 valence electrons. The van der Waals surface area contributed by atoms with Gasteiger partial charge in [0.2, 0.25) is 0 Å². The molecule has 1 fully saturated rings. The molecule has 0 aliphatic carbocycles. The molecule has 1 aliphatic rings. The summed E-state index contributed by atoms with van der Waals surface area (Å²) in [6, 6.07) is 28.0. The number of imidazole rings is 1. The lowest BCUT2D eigenvalue weighted by molar-refractivity contribution is 0.0741. The Labute approximate surface area is 193 Å². The molecule has 3 aromatic carbocycles. The van der Waals surface area contributed by atoms with Crippen LogP contribution in [0.5, 0.6) is 5.75 Å². The second-order valence-electron chi connectivity index (χ2n) is 8.00. The zero-order valence-corrected chi connectivity index (χ0v) is 18.6. The topological polar surface area (TPSA) is 50.6 Å². The summed E-state index contributed by atoms with van der Waals surface area (Å²) in [6.45, 7) is 2.87. The molecule has 0 spiro atoms. The van der Waals surface area contributed by atoms with Crippen LogP contribution >= 0.6 is 0 Å². The van der Waals surface area contributed by atoms with Crippen molar-refractivity contribution in [3.05, 3.63) is 96.8 Å². The Morgan fingerprint density at radius 3 is 2.06 bits per heavy atom. The second kappa shape index (κ2) is 9.20. The lowest BCUT2D eigenvalue weighted by Gasteiger charge is -2.35. The minimum absolute atomic E-state index is 0.0313. The van der Waals surface area contributed by atoms with E-state index in [-0.39, 0.29) is 5.91 Å². The largest absolute Gasteiger partial charge is 0.497 e. The molecule has 0 atom stereocenters. The van der Waals surface area contributed by atoms with Gasteiger partial charge in [-0.2, -0.15) is 0 Å². The molecule has 0 radical (unpaired) electrons. The number of amides is 1. The van der Waals surface area contributed by atoms with Crippen molar-refractivity contribution in [1.82, 2.24) is 14.5 Å². The van der Waals surface area contributed by atoms with Gasteiger partial charge in [0.25, 0.3) is 5.91 Å². The van der Waals surface area contributed by atoms with E-state index in [1.165, 1.54) is 0 Å². The number of aromatic nitrogens is 2. The van der Waals surface area contributed by atoms with Gasteiger partial charge in [-0.05, 0) is 36.4 Å². The predicted octanol–water partition coefficient (Wildman–Crippen LogP) is 4.51. The normalized spacial score (nSPS) is 13.7. The van der Waals surface area contributed by atoms with Crippen molar-refractivity contribution < 1.29 is 9.53 Å². The Hall–Kier alpha value is -4.06. The number of anilines is 1. The third kappa shape index (κ3) is 4.32. The van der Waals surface area contributed by atoms with Crippen molar-refractivity contribution in [2.45, 2.75) is 0 Å². The summed E-state index contributed by atoms with van der Waals surface area (Å²) >= 11 is 0. The molecule has 1 saturated heterocycles. The SMILES string of the molecule is COc1ccc(N2CCN(C(=O)c3cn(-c4ccccc4)c(-c4ccccc4)n3)CC2)cc1. The van der Waals surface area contributed by atoms with Crippen LogP contribution in [0, 0.1) is 0 Å². The summed E-state index contributed by atoms with van der Waals surface area (Å²) in [7, 11) is 1.67. The summed E-state index contributed by atoms with van der Waals surface area (Å²) in [5.74, 6) is 1.58. The number of hydrogen-bond donors (Lipinski definition) is 0. The number of piperazine rings is 1. The molecule has 0 unspecified atom stereocenters.